The summed E-state index contributed by atoms with van der Waals surface area (Å²) >= 11 is 0. The molecule has 0 bridgehead atoms. The molecule has 6 N–H and O–H groups in total. The third-order valence-electron chi connectivity index (χ3n) is 6.35. The Morgan fingerprint density at radius 3 is 2.43 bits per heavy atom. The lowest BCUT2D eigenvalue weighted by Crippen LogP contribution is -2.32. The molecule has 3 aromatic rings. The minimum atomic E-state index is -4.99. The molecule has 0 saturated heterocycles. The standard InChI is InChI=1S/C27H26FN9O9S3/c1-3-37(17-8-6-9-19(14-17)48(41,42)43)27-33-24(28)32-26(34-27)30-16-7-5-10-20(22(13-16)31-25(29)38)35-36-21-12-11-18(47(39,40)4-2)15-23(21)49(44,45)46/h4-15,20H,2-3H2,1H3,(H3,29,31,38)(H,41,42,43)(H,44,45,46)(H,30,32,33,34)/b36-35+. The number of carbonyl (C=O) groups excluding carboxylic acids is 1. The number of rotatable bonds is 12. The maximum absolute atomic E-state index is 14.6. The number of urea groups is 1. The van der Waals surface area contributed by atoms with E-state index in [-0.39, 0.29) is 35.5 Å². The van der Waals surface area contributed by atoms with Gasteiger partial charge in [-0.3, -0.25) is 9.11 Å². The number of benzene rings is 2. The van der Waals surface area contributed by atoms with Crippen molar-refractivity contribution >= 4 is 59.4 Å². The molecule has 1 aliphatic carbocycles. The number of nitrogens with one attached hydrogen (secondary N) is 2. The second kappa shape index (κ2) is 14.4. The van der Waals surface area contributed by atoms with Crippen molar-refractivity contribution in [1.82, 2.24) is 20.3 Å². The summed E-state index contributed by atoms with van der Waals surface area (Å²) in [5.74, 6) is -0.559. The molecule has 22 heteroatoms. The van der Waals surface area contributed by atoms with Crippen LogP contribution in [0.2, 0.25) is 0 Å². The van der Waals surface area contributed by atoms with Crippen molar-refractivity contribution in [2.45, 2.75) is 27.7 Å². The summed E-state index contributed by atoms with van der Waals surface area (Å²) < 4.78 is 105. The summed E-state index contributed by atoms with van der Waals surface area (Å²) in [6.45, 7) is 4.96. The summed E-state index contributed by atoms with van der Waals surface area (Å²) in [6.07, 6.45) is 4.34. The number of sulfone groups is 1. The first-order chi connectivity index (χ1) is 22.9. The smallest absolute Gasteiger partial charge is 0.316 e. The highest BCUT2D eigenvalue weighted by atomic mass is 32.2. The summed E-state index contributed by atoms with van der Waals surface area (Å²) in [5, 5.41) is 13.6. The highest BCUT2D eigenvalue weighted by molar-refractivity contribution is 7.94. The van der Waals surface area contributed by atoms with Gasteiger partial charge in [0.05, 0.1) is 15.5 Å². The summed E-state index contributed by atoms with van der Waals surface area (Å²) in [4.78, 5) is 22.9. The number of nitrogens with two attached hydrogens (primary N) is 1. The van der Waals surface area contributed by atoms with Gasteiger partial charge in [0.2, 0.25) is 11.9 Å². The molecule has 1 atom stereocenters. The highest BCUT2D eigenvalue weighted by Gasteiger charge is 2.22. The van der Waals surface area contributed by atoms with Crippen molar-refractivity contribution in [3.8, 4) is 0 Å². The second-order valence-electron chi connectivity index (χ2n) is 9.64. The van der Waals surface area contributed by atoms with Crippen LogP contribution in [-0.4, -0.2) is 67.9 Å². The molecule has 1 unspecified atom stereocenters. The van der Waals surface area contributed by atoms with Gasteiger partial charge in [-0.25, -0.2) is 13.2 Å². The molecule has 0 saturated carbocycles. The van der Waals surface area contributed by atoms with E-state index in [4.69, 9.17) is 5.73 Å². The van der Waals surface area contributed by atoms with Gasteiger partial charge in [-0.2, -0.15) is 46.4 Å². The van der Waals surface area contributed by atoms with Crippen molar-refractivity contribution < 1.29 is 43.5 Å². The van der Waals surface area contributed by atoms with E-state index >= 15 is 0 Å². The topological polar surface area (TPSA) is 277 Å². The average Bonchev–Trinajstić information content (AvgIpc) is 3.20. The number of halogens is 1. The summed E-state index contributed by atoms with van der Waals surface area (Å²) in [7, 11) is -13.6. The van der Waals surface area contributed by atoms with E-state index in [0.29, 0.717) is 11.5 Å². The summed E-state index contributed by atoms with van der Waals surface area (Å²) in [5.41, 5.74) is 5.21. The fraction of sp³-hybridized carbons (Fsp3) is 0.111. The van der Waals surface area contributed by atoms with Gasteiger partial charge in [0.25, 0.3) is 20.2 Å². The Balaban J connectivity index is 1.67. The van der Waals surface area contributed by atoms with Gasteiger partial charge in [-0.1, -0.05) is 24.8 Å². The van der Waals surface area contributed by atoms with Crippen LogP contribution < -0.4 is 21.3 Å². The van der Waals surface area contributed by atoms with Gasteiger partial charge in [0.15, 0.2) is 9.84 Å². The number of hydrogen-bond donors (Lipinski definition) is 5. The van der Waals surface area contributed by atoms with Crippen LogP contribution in [0.5, 0.6) is 0 Å². The zero-order chi connectivity index (χ0) is 36.1. The normalized spacial score (nSPS) is 15.2. The van der Waals surface area contributed by atoms with Crippen molar-refractivity contribution in [2.75, 3.05) is 16.8 Å². The van der Waals surface area contributed by atoms with Gasteiger partial charge < -0.3 is 21.3 Å². The molecule has 1 heterocycles. The van der Waals surface area contributed by atoms with Gasteiger partial charge in [0, 0.05) is 23.3 Å². The Morgan fingerprint density at radius 1 is 1.06 bits per heavy atom. The second-order valence-corrected chi connectivity index (χ2v) is 14.3. The number of aromatic nitrogens is 3. The molecule has 0 spiro atoms. The number of allylic oxidation sites excluding steroid dienone is 3. The molecule has 1 aromatic heterocycles. The fourth-order valence-electron chi connectivity index (χ4n) is 4.18. The average molecular weight is 736 g/mol. The SMILES string of the molecule is C=CS(=O)(=O)c1ccc(/N=N/C2C=CC=C(Nc3nc(F)nc(N(CC)c4cccc(S(=O)(=O)O)c4)n3)C=C2NC(N)=O)c(S(=O)(=O)O)c1. The molecular formula is C27H26FN9O9S3. The van der Waals surface area contributed by atoms with E-state index in [2.05, 4.69) is 42.4 Å². The molecule has 2 aromatic carbocycles. The highest BCUT2D eigenvalue weighted by Crippen LogP contribution is 2.30. The lowest BCUT2D eigenvalue weighted by molar-refractivity contribution is 0.251. The predicted molar refractivity (Wildman–Crippen MR) is 172 cm³/mol. The first-order valence-corrected chi connectivity index (χ1v) is 17.9. The summed E-state index contributed by atoms with van der Waals surface area (Å²) in [6, 6.07) is 5.67. The number of azo groups is 1. The third-order valence-corrected chi connectivity index (χ3v) is 9.43. The van der Waals surface area contributed by atoms with Crippen LogP contribution in [0, 0.1) is 6.08 Å². The maximum atomic E-state index is 14.6. The zero-order valence-electron chi connectivity index (χ0n) is 25.0. The monoisotopic (exact) mass is 735 g/mol. The van der Waals surface area contributed by atoms with Crippen LogP contribution in [0.3, 0.4) is 0 Å². The molecule has 4 rings (SSSR count). The van der Waals surface area contributed by atoms with Crippen LogP contribution in [0.25, 0.3) is 0 Å². The first kappa shape index (κ1) is 36.4. The Bertz CT molecular complexity index is 2280. The number of carbonyl (C=O) groups is 1. The maximum Gasteiger partial charge on any atom is 0.316 e. The Hall–Kier alpha value is -5.42. The molecule has 0 aliphatic heterocycles. The van der Waals surface area contributed by atoms with E-state index in [9.17, 15) is 43.5 Å². The largest absolute Gasteiger partial charge is 0.351 e. The van der Waals surface area contributed by atoms with E-state index in [1.54, 1.807) is 6.92 Å². The molecule has 18 nitrogen and oxygen atoms in total. The van der Waals surface area contributed by atoms with E-state index in [0.717, 1.165) is 24.3 Å². The van der Waals surface area contributed by atoms with E-state index < -0.39 is 68.6 Å². The number of primary amides is 1. The van der Waals surface area contributed by atoms with Crippen LogP contribution in [-0.2, 0) is 30.1 Å². The first-order valence-electron chi connectivity index (χ1n) is 13.5. The van der Waals surface area contributed by atoms with Gasteiger partial charge in [0.1, 0.15) is 16.6 Å². The third kappa shape index (κ3) is 9.14. The number of anilines is 3. The minimum Gasteiger partial charge on any atom is -0.351 e. The van der Waals surface area contributed by atoms with Crippen LogP contribution in [0.4, 0.5) is 32.5 Å². The van der Waals surface area contributed by atoms with Crippen LogP contribution >= 0.6 is 0 Å². The molecular weight excluding hydrogens is 710 g/mol. The zero-order valence-corrected chi connectivity index (χ0v) is 27.5. The van der Waals surface area contributed by atoms with E-state index in [1.807, 2.05) is 0 Å². The van der Waals surface area contributed by atoms with E-state index in [1.165, 1.54) is 41.3 Å². The lowest BCUT2D eigenvalue weighted by Gasteiger charge is -2.21. The van der Waals surface area contributed by atoms with Crippen molar-refractivity contribution in [3.63, 3.8) is 0 Å². The van der Waals surface area contributed by atoms with Crippen LogP contribution in [0.1, 0.15) is 6.92 Å². The van der Waals surface area contributed by atoms with Gasteiger partial charge >= 0.3 is 12.1 Å². The number of amides is 2. The number of nitrogens with zero attached hydrogens (tertiary/aromatic N) is 6. The molecule has 2 amide bonds. The Labute approximate surface area is 279 Å². The number of hydrogen-bond acceptors (Lipinski definition) is 14. The van der Waals surface area contributed by atoms with Gasteiger partial charge in [-0.15, -0.1) is 0 Å². The molecule has 258 valence electrons. The quantitative estimate of drug-likeness (QED) is 0.132. The van der Waals surface area contributed by atoms with Crippen LogP contribution in [0.15, 0.2) is 115 Å². The minimum absolute atomic E-state index is 0.0324. The van der Waals surface area contributed by atoms with Crippen molar-refractivity contribution in [1.29, 1.82) is 0 Å². The molecule has 49 heavy (non-hydrogen) atoms. The van der Waals surface area contributed by atoms with Crippen molar-refractivity contribution in [2.24, 2.45) is 16.0 Å². The Morgan fingerprint density at radius 2 is 1.80 bits per heavy atom. The molecule has 0 fully saturated rings. The van der Waals surface area contributed by atoms with Crippen molar-refractivity contribution in [3.05, 3.63) is 96.2 Å². The molecule has 1 aliphatic rings. The fourth-order valence-corrected chi connectivity index (χ4v) is 6.15. The lowest BCUT2D eigenvalue weighted by atomic mass is 10.2. The van der Waals surface area contributed by atoms with Gasteiger partial charge in [-0.05, 0) is 55.5 Å². The predicted octanol–water partition coefficient (Wildman–Crippen LogP) is 3.15. The molecule has 0 radical (unpaired) electrons. The Kier molecular flexibility index (Phi) is 10.7.